The smallest absolute Gasteiger partial charge is 0.272 e. The summed E-state index contributed by atoms with van der Waals surface area (Å²) in [6.07, 6.45) is 1.71. The van der Waals surface area contributed by atoms with Crippen molar-refractivity contribution >= 4 is 28.2 Å². The van der Waals surface area contributed by atoms with Crippen molar-refractivity contribution in [1.82, 2.24) is 4.98 Å². The van der Waals surface area contributed by atoms with E-state index in [2.05, 4.69) is 10.3 Å². The number of carbonyl (C=O) groups excluding carboxylic acids is 1. The lowest BCUT2D eigenvalue weighted by molar-refractivity contribution is -0.385. The lowest BCUT2D eigenvalue weighted by Crippen LogP contribution is -2.12. The van der Waals surface area contributed by atoms with Crippen LogP contribution in [0.2, 0.25) is 0 Å². The van der Waals surface area contributed by atoms with Crippen LogP contribution in [-0.4, -0.2) is 15.8 Å². The highest BCUT2D eigenvalue weighted by Gasteiger charge is 2.14. The molecule has 0 spiro atoms. The van der Waals surface area contributed by atoms with E-state index in [9.17, 15) is 14.9 Å². The van der Waals surface area contributed by atoms with E-state index >= 15 is 0 Å². The number of pyridine rings is 1. The first-order valence-corrected chi connectivity index (χ1v) is 6.96. The van der Waals surface area contributed by atoms with Crippen molar-refractivity contribution in [3.05, 3.63) is 76.0 Å². The fourth-order valence-corrected chi connectivity index (χ4v) is 2.36. The van der Waals surface area contributed by atoms with E-state index in [0.29, 0.717) is 16.8 Å². The van der Waals surface area contributed by atoms with Gasteiger partial charge in [0.25, 0.3) is 11.6 Å². The Morgan fingerprint density at radius 2 is 2.00 bits per heavy atom. The number of aryl methyl sites for hydroxylation is 1. The fraction of sp³-hybridized carbons (Fsp3) is 0.0588. The second-order valence-electron chi connectivity index (χ2n) is 5.12. The van der Waals surface area contributed by atoms with Crippen LogP contribution in [0.1, 0.15) is 15.9 Å². The van der Waals surface area contributed by atoms with Crippen LogP contribution in [0.15, 0.2) is 54.7 Å². The zero-order valence-corrected chi connectivity index (χ0v) is 12.3. The summed E-state index contributed by atoms with van der Waals surface area (Å²) >= 11 is 0. The molecule has 0 bridgehead atoms. The Morgan fingerprint density at radius 1 is 1.17 bits per heavy atom. The number of fused-ring (bicyclic) bond motifs is 1. The summed E-state index contributed by atoms with van der Waals surface area (Å²) in [6, 6.07) is 13.5. The first kappa shape index (κ1) is 14.6. The standard InChI is InChI=1S/C17H13N3O3/c1-11-9-13(4-7-16(11)20(22)23)17(21)19-14-5-6-15-12(10-14)3-2-8-18-15/h2-10H,1H3,(H,19,21). The molecule has 0 radical (unpaired) electrons. The third-order valence-electron chi connectivity index (χ3n) is 3.52. The molecule has 0 aliphatic rings. The van der Waals surface area contributed by atoms with E-state index in [-0.39, 0.29) is 11.6 Å². The Balaban J connectivity index is 1.85. The predicted octanol–water partition coefficient (Wildman–Crippen LogP) is 3.70. The maximum atomic E-state index is 12.3. The molecule has 2 aromatic carbocycles. The minimum absolute atomic E-state index is 0.00155. The molecule has 6 heteroatoms. The monoisotopic (exact) mass is 307 g/mol. The molecular weight excluding hydrogens is 294 g/mol. The molecule has 1 amide bonds. The van der Waals surface area contributed by atoms with Gasteiger partial charge in [0.2, 0.25) is 0 Å². The second-order valence-corrected chi connectivity index (χ2v) is 5.12. The number of hydrogen-bond acceptors (Lipinski definition) is 4. The number of nitro groups is 1. The molecule has 3 aromatic rings. The van der Waals surface area contributed by atoms with Crippen LogP contribution in [0, 0.1) is 17.0 Å². The Hall–Kier alpha value is -3.28. The number of amides is 1. The number of carbonyl (C=O) groups is 1. The number of benzene rings is 2. The summed E-state index contributed by atoms with van der Waals surface area (Å²) in [7, 11) is 0. The molecule has 1 heterocycles. The van der Waals surface area contributed by atoms with E-state index in [1.807, 2.05) is 24.3 Å². The van der Waals surface area contributed by atoms with Gasteiger partial charge in [0.1, 0.15) is 0 Å². The molecule has 0 saturated carbocycles. The van der Waals surface area contributed by atoms with Gasteiger partial charge < -0.3 is 5.32 Å². The van der Waals surface area contributed by atoms with Crippen molar-refractivity contribution in [2.45, 2.75) is 6.92 Å². The van der Waals surface area contributed by atoms with E-state index in [0.717, 1.165) is 10.9 Å². The summed E-state index contributed by atoms with van der Waals surface area (Å²) in [4.78, 5) is 26.9. The van der Waals surface area contributed by atoms with Gasteiger partial charge in [-0.15, -0.1) is 0 Å². The number of anilines is 1. The van der Waals surface area contributed by atoms with Crippen LogP contribution in [0.5, 0.6) is 0 Å². The molecule has 114 valence electrons. The van der Waals surface area contributed by atoms with Crippen molar-refractivity contribution < 1.29 is 9.72 Å². The minimum Gasteiger partial charge on any atom is -0.322 e. The maximum Gasteiger partial charge on any atom is 0.272 e. The molecule has 6 nitrogen and oxygen atoms in total. The highest BCUT2D eigenvalue weighted by Crippen LogP contribution is 2.21. The van der Waals surface area contributed by atoms with Gasteiger partial charge in [0.15, 0.2) is 0 Å². The van der Waals surface area contributed by atoms with Crippen molar-refractivity contribution in [3.63, 3.8) is 0 Å². The van der Waals surface area contributed by atoms with Crippen molar-refractivity contribution in [2.24, 2.45) is 0 Å². The predicted molar refractivity (Wildman–Crippen MR) is 87.5 cm³/mol. The summed E-state index contributed by atoms with van der Waals surface area (Å²) in [5.41, 5.74) is 2.31. The first-order chi connectivity index (χ1) is 11.0. The Bertz CT molecular complexity index is 922. The quantitative estimate of drug-likeness (QED) is 0.590. The number of nitrogens with one attached hydrogen (secondary N) is 1. The molecule has 3 rings (SSSR count). The number of hydrogen-bond donors (Lipinski definition) is 1. The molecule has 1 N–H and O–H groups in total. The highest BCUT2D eigenvalue weighted by atomic mass is 16.6. The van der Waals surface area contributed by atoms with Gasteiger partial charge in [-0.1, -0.05) is 6.07 Å². The van der Waals surface area contributed by atoms with Crippen LogP contribution in [0.25, 0.3) is 10.9 Å². The number of aromatic nitrogens is 1. The number of nitrogens with zero attached hydrogens (tertiary/aromatic N) is 2. The highest BCUT2D eigenvalue weighted by molar-refractivity contribution is 6.05. The molecular formula is C17H13N3O3. The summed E-state index contributed by atoms with van der Waals surface area (Å²) in [5.74, 6) is -0.314. The first-order valence-electron chi connectivity index (χ1n) is 6.96. The van der Waals surface area contributed by atoms with Gasteiger partial charge >= 0.3 is 0 Å². The van der Waals surface area contributed by atoms with Gasteiger partial charge in [0.05, 0.1) is 10.4 Å². The van der Waals surface area contributed by atoms with Gasteiger partial charge in [-0.25, -0.2) is 0 Å². The summed E-state index contributed by atoms with van der Waals surface area (Å²) in [5, 5.41) is 14.5. The SMILES string of the molecule is Cc1cc(C(=O)Nc2ccc3ncccc3c2)ccc1[N+](=O)[O-]. The second kappa shape index (κ2) is 5.84. The summed E-state index contributed by atoms with van der Waals surface area (Å²) in [6.45, 7) is 1.61. The van der Waals surface area contributed by atoms with Crippen molar-refractivity contribution in [2.75, 3.05) is 5.32 Å². The number of rotatable bonds is 3. The van der Waals surface area contributed by atoms with E-state index < -0.39 is 4.92 Å². The largest absolute Gasteiger partial charge is 0.322 e. The molecule has 0 saturated heterocycles. The molecule has 1 aromatic heterocycles. The Labute approximate surface area is 131 Å². The Kier molecular flexibility index (Phi) is 3.72. The van der Waals surface area contributed by atoms with Crippen molar-refractivity contribution in [1.29, 1.82) is 0 Å². The van der Waals surface area contributed by atoms with Crippen LogP contribution in [0.4, 0.5) is 11.4 Å². The number of nitro benzene ring substituents is 1. The van der Waals surface area contributed by atoms with Gasteiger partial charge in [0, 0.05) is 34.5 Å². The lowest BCUT2D eigenvalue weighted by Gasteiger charge is -2.07. The van der Waals surface area contributed by atoms with E-state index in [1.54, 1.807) is 19.2 Å². The summed E-state index contributed by atoms with van der Waals surface area (Å²) < 4.78 is 0. The maximum absolute atomic E-state index is 12.3. The molecule has 0 fully saturated rings. The zero-order valence-electron chi connectivity index (χ0n) is 12.3. The molecule has 0 atom stereocenters. The normalized spacial score (nSPS) is 10.5. The molecule has 0 unspecified atom stereocenters. The van der Waals surface area contributed by atoms with Crippen molar-refractivity contribution in [3.8, 4) is 0 Å². The van der Waals surface area contributed by atoms with E-state index in [1.165, 1.54) is 18.2 Å². The van der Waals surface area contributed by atoms with Crippen LogP contribution in [0.3, 0.4) is 0 Å². The fourth-order valence-electron chi connectivity index (χ4n) is 2.36. The molecule has 0 aliphatic carbocycles. The Morgan fingerprint density at radius 3 is 2.74 bits per heavy atom. The zero-order chi connectivity index (χ0) is 16.4. The van der Waals surface area contributed by atoms with Gasteiger partial charge in [-0.3, -0.25) is 19.9 Å². The van der Waals surface area contributed by atoms with E-state index in [4.69, 9.17) is 0 Å². The minimum atomic E-state index is -0.465. The topological polar surface area (TPSA) is 85.1 Å². The lowest BCUT2D eigenvalue weighted by atomic mass is 10.1. The van der Waals surface area contributed by atoms with Crippen LogP contribution < -0.4 is 5.32 Å². The van der Waals surface area contributed by atoms with Gasteiger partial charge in [-0.2, -0.15) is 0 Å². The van der Waals surface area contributed by atoms with Crippen LogP contribution >= 0.6 is 0 Å². The average Bonchev–Trinajstić information content (AvgIpc) is 2.54. The third kappa shape index (κ3) is 3.01. The molecule has 23 heavy (non-hydrogen) atoms. The third-order valence-corrected chi connectivity index (χ3v) is 3.52. The van der Waals surface area contributed by atoms with Crippen LogP contribution in [-0.2, 0) is 0 Å². The van der Waals surface area contributed by atoms with Gasteiger partial charge in [-0.05, 0) is 43.3 Å². The molecule has 0 aliphatic heterocycles. The average molecular weight is 307 g/mol.